The van der Waals surface area contributed by atoms with E-state index in [0.717, 1.165) is 32.1 Å². The Morgan fingerprint density at radius 2 is 1.74 bits per heavy atom. The third kappa shape index (κ3) is 3.77. The third-order valence-corrected chi connectivity index (χ3v) is 3.94. The van der Waals surface area contributed by atoms with Crippen molar-refractivity contribution >= 4 is 17.5 Å². The Labute approximate surface area is 117 Å². The van der Waals surface area contributed by atoms with Crippen molar-refractivity contribution in [2.45, 2.75) is 43.5 Å². The van der Waals surface area contributed by atoms with Crippen LogP contribution < -0.4 is 5.32 Å². The number of alkyl halides is 1. The minimum Gasteiger partial charge on any atom is -0.508 e. The minimum absolute atomic E-state index is 0.0545. The average Bonchev–Trinajstić information content (AvgIpc) is 2.54. The lowest BCUT2D eigenvalue weighted by molar-refractivity contribution is 0.0933. The molecule has 104 valence electrons. The first-order valence-corrected chi connectivity index (χ1v) is 6.98. The fraction of sp³-hybridized carbons (Fsp3) is 0.500. The quantitative estimate of drug-likeness (QED) is 0.577. The first kappa shape index (κ1) is 14.0. The summed E-state index contributed by atoms with van der Waals surface area (Å²) in [6.45, 7) is 0. The second-order valence-electron chi connectivity index (χ2n) is 4.97. The molecule has 0 bridgehead atoms. The minimum atomic E-state index is -0.316. The van der Waals surface area contributed by atoms with E-state index in [-0.39, 0.29) is 34.4 Å². The molecule has 0 aliphatic heterocycles. The Morgan fingerprint density at radius 3 is 2.42 bits per heavy atom. The molecule has 1 aromatic carbocycles. The maximum Gasteiger partial charge on any atom is 0.251 e. The fourth-order valence-electron chi connectivity index (χ4n) is 2.40. The number of aromatic hydroxyl groups is 2. The van der Waals surface area contributed by atoms with E-state index in [4.69, 9.17) is 11.6 Å². The van der Waals surface area contributed by atoms with E-state index in [1.165, 1.54) is 18.2 Å². The summed E-state index contributed by atoms with van der Waals surface area (Å²) in [4.78, 5) is 12.1. The number of hydrogen-bond donors (Lipinski definition) is 3. The molecule has 0 aromatic heterocycles. The SMILES string of the molecule is O=C(NC1CCCCCC1Cl)c1cc(O)cc(O)c1. The van der Waals surface area contributed by atoms with Crippen LogP contribution in [-0.2, 0) is 0 Å². The predicted molar refractivity (Wildman–Crippen MR) is 73.8 cm³/mol. The van der Waals surface area contributed by atoms with E-state index in [0.29, 0.717) is 0 Å². The van der Waals surface area contributed by atoms with Gasteiger partial charge in [0, 0.05) is 17.7 Å². The summed E-state index contributed by atoms with van der Waals surface area (Å²) in [7, 11) is 0. The summed E-state index contributed by atoms with van der Waals surface area (Å²) in [5.74, 6) is -0.578. The van der Waals surface area contributed by atoms with Crippen molar-refractivity contribution in [3.63, 3.8) is 0 Å². The number of halogens is 1. The van der Waals surface area contributed by atoms with Crippen LogP contribution >= 0.6 is 11.6 Å². The first-order valence-electron chi connectivity index (χ1n) is 6.54. The lowest BCUT2D eigenvalue weighted by Crippen LogP contribution is -2.40. The molecule has 4 nitrogen and oxygen atoms in total. The lowest BCUT2D eigenvalue weighted by atomic mass is 10.1. The average molecular weight is 284 g/mol. The van der Waals surface area contributed by atoms with Gasteiger partial charge in [-0.2, -0.15) is 0 Å². The number of carbonyl (C=O) groups excluding carboxylic acids is 1. The van der Waals surface area contributed by atoms with Gasteiger partial charge in [-0.3, -0.25) is 4.79 Å². The molecular formula is C14H18ClNO3. The van der Waals surface area contributed by atoms with Gasteiger partial charge in [0.25, 0.3) is 5.91 Å². The molecule has 0 spiro atoms. The standard InChI is InChI=1S/C14H18ClNO3/c15-12-4-2-1-3-5-13(12)16-14(19)9-6-10(17)8-11(18)7-9/h6-8,12-13,17-18H,1-5H2,(H,16,19). The zero-order valence-corrected chi connectivity index (χ0v) is 11.4. The number of nitrogens with one attached hydrogen (secondary N) is 1. The molecule has 5 heteroatoms. The van der Waals surface area contributed by atoms with Gasteiger partial charge in [0.15, 0.2) is 0 Å². The Balaban J connectivity index is 2.07. The maximum absolute atomic E-state index is 12.1. The van der Waals surface area contributed by atoms with E-state index in [1.54, 1.807) is 0 Å². The number of phenols is 2. The Morgan fingerprint density at radius 1 is 1.11 bits per heavy atom. The molecule has 19 heavy (non-hydrogen) atoms. The van der Waals surface area contributed by atoms with Crippen molar-refractivity contribution in [2.75, 3.05) is 0 Å². The molecule has 1 fully saturated rings. The summed E-state index contributed by atoms with van der Waals surface area (Å²) in [6.07, 6.45) is 5.05. The van der Waals surface area contributed by atoms with Crippen LogP contribution in [0.3, 0.4) is 0 Å². The van der Waals surface area contributed by atoms with Crippen LogP contribution in [0.5, 0.6) is 11.5 Å². The van der Waals surface area contributed by atoms with Crippen molar-refractivity contribution in [2.24, 2.45) is 0 Å². The maximum atomic E-state index is 12.1. The van der Waals surface area contributed by atoms with Crippen LogP contribution in [0.1, 0.15) is 42.5 Å². The molecule has 3 N–H and O–H groups in total. The Kier molecular flexibility index (Phi) is 4.53. The van der Waals surface area contributed by atoms with E-state index in [1.807, 2.05) is 0 Å². The highest BCUT2D eigenvalue weighted by molar-refractivity contribution is 6.21. The smallest absolute Gasteiger partial charge is 0.251 e. The molecule has 1 aromatic rings. The van der Waals surface area contributed by atoms with Gasteiger partial charge in [0.2, 0.25) is 0 Å². The summed E-state index contributed by atoms with van der Waals surface area (Å²) in [5, 5.41) is 21.6. The number of phenolic OH excluding ortho intramolecular Hbond substituents is 2. The zero-order valence-electron chi connectivity index (χ0n) is 10.6. The van der Waals surface area contributed by atoms with Gasteiger partial charge in [-0.05, 0) is 25.0 Å². The van der Waals surface area contributed by atoms with Gasteiger partial charge in [-0.1, -0.05) is 19.3 Å². The van der Waals surface area contributed by atoms with Crippen LogP contribution in [0.15, 0.2) is 18.2 Å². The van der Waals surface area contributed by atoms with E-state index in [2.05, 4.69) is 5.32 Å². The highest BCUT2D eigenvalue weighted by atomic mass is 35.5. The van der Waals surface area contributed by atoms with Gasteiger partial charge < -0.3 is 15.5 Å². The molecule has 2 rings (SSSR count). The number of amides is 1. The summed E-state index contributed by atoms with van der Waals surface area (Å²) < 4.78 is 0. The van der Waals surface area contributed by atoms with Gasteiger partial charge in [-0.15, -0.1) is 11.6 Å². The van der Waals surface area contributed by atoms with Crippen molar-refractivity contribution in [1.82, 2.24) is 5.32 Å². The number of benzene rings is 1. The van der Waals surface area contributed by atoms with Crippen molar-refractivity contribution in [1.29, 1.82) is 0 Å². The number of hydrogen-bond acceptors (Lipinski definition) is 3. The van der Waals surface area contributed by atoms with E-state index in [9.17, 15) is 15.0 Å². The number of carbonyl (C=O) groups is 1. The van der Waals surface area contributed by atoms with Crippen LogP contribution in [0.25, 0.3) is 0 Å². The topological polar surface area (TPSA) is 69.6 Å². The van der Waals surface area contributed by atoms with E-state index >= 15 is 0 Å². The van der Waals surface area contributed by atoms with Gasteiger partial charge in [0.05, 0.1) is 5.38 Å². The largest absolute Gasteiger partial charge is 0.508 e. The summed E-state index contributed by atoms with van der Waals surface area (Å²) in [5.41, 5.74) is 0.241. The van der Waals surface area contributed by atoms with Crippen molar-refractivity contribution in [3.8, 4) is 11.5 Å². The highest BCUT2D eigenvalue weighted by Gasteiger charge is 2.23. The molecule has 1 amide bonds. The summed E-state index contributed by atoms with van der Waals surface area (Å²) >= 11 is 6.27. The molecule has 0 heterocycles. The molecule has 2 atom stereocenters. The molecular weight excluding hydrogens is 266 g/mol. The second-order valence-corrected chi connectivity index (χ2v) is 5.53. The molecule has 0 radical (unpaired) electrons. The van der Waals surface area contributed by atoms with Crippen molar-refractivity contribution in [3.05, 3.63) is 23.8 Å². The zero-order chi connectivity index (χ0) is 13.8. The van der Waals surface area contributed by atoms with Crippen molar-refractivity contribution < 1.29 is 15.0 Å². The monoisotopic (exact) mass is 283 g/mol. The summed E-state index contributed by atoms with van der Waals surface area (Å²) in [6, 6.07) is 3.79. The van der Waals surface area contributed by atoms with Crippen LogP contribution in [-0.4, -0.2) is 27.5 Å². The molecule has 1 aliphatic carbocycles. The fourth-order valence-corrected chi connectivity index (χ4v) is 2.75. The normalized spacial score (nSPS) is 23.6. The highest BCUT2D eigenvalue weighted by Crippen LogP contribution is 2.24. The lowest BCUT2D eigenvalue weighted by Gasteiger charge is -2.21. The van der Waals surface area contributed by atoms with Crippen LogP contribution in [0.4, 0.5) is 0 Å². The van der Waals surface area contributed by atoms with Gasteiger partial charge >= 0.3 is 0 Å². The first-order chi connectivity index (χ1) is 9.06. The second kappa shape index (κ2) is 6.15. The molecule has 1 aliphatic rings. The number of rotatable bonds is 2. The third-order valence-electron chi connectivity index (χ3n) is 3.41. The Bertz CT molecular complexity index is 444. The Hall–Kier alpha value is -1.42. The predicted octanol–water partition coefficient (Wildman–Crippen LogP) is 2.77. The van der Waals surface area contributed by atoms with Gasteiger partial charge in [-0.25, -0.2) is 0 Å². The van der Waals surface area contributed by atoms with Gasteiger partial charge in [0.1, 0.15) is 11.5 Å². The van der Waals surface area contributed by atoms with Crippen LogP contribution in [0.2, 0.25) is 0 Å². The van der Waals surface area contributed by atoms with E-state index < -0.39 is 0 Å². The molecule has 2 unspecified atom stereocenters. The van der Waals surface area contributed by atoms with Crippen LogP contribution in [0, 0.1) is 0 Å². The molecule has 1 saturated carbocycles. The molecule has 0 saturated heterocycles.